The second kappa shape index (κ2) is 8.50. The van der Waals surface area contributed by atoms with Crippen LogP contribution in [0.15, 0.2) is 33.5 Å². The third-order valence-corrected chi connectivity index (χ3v) is 3.82. The summed E-state index contributed by atoms with van der Waals surface area (Å²) >= 11 is 0. The van der Waals surface area contributed by atoms with E-state index in [2.05, 4.69) is 0 Å². The number of rotatable bonds is 9. The van der Waals surface area contributed by atoms with Gasteiger partial charge in [-0.3, -0.25) is 4.57 Å². The van der Waals surface area contributed by atoms with Crippen molar-refractivity contribution in [2.75, 3.05) is 26.2 Å². The summed E-state index contributed by atoms with van der Waals surface area (Å²) < 4.78 is 43.8. The van der Waals surface area contributed by atoms with E-state index in [0.717, 1.165) is 0 Å². The zero-order chi connectivity index (χ0) is 18.4. The summed E-state index contributed by atoms with van der Waals surface area (Å²) in [6, 6.07) is 6.91. The van der Waals surface area contributed by atoms with Gasteiger partial charge in [0, 0.05) is 19.6 Å². The number of aromatic nitrogens is 1. The number of hydrogen-bond acceptors (Lipinski definition) is 5. The lowest BCUT2D eigenvalue weighted by Gasteiger charge is -2.24. The Hall–Kier alpha value is -1.84. The normalized spacial score (nSPS) is 13.7. The highest BCUT2D eigenvalue weighted by molar-refractivity contribution is 5.72. The molecule has 0 amide bonds. The third kappa shape index (κ3) is 5.87. The molecule has 0 bridgehead atoms. The minimum Gasteiger partial charge on any atom is -0.408 e. The van der Waals surface area contributed by atoms with E-state index in [0.29, 0.717) is 17.5 Å². The van der Waals surface area contributed by atoms with Gasteiger partial charge in [-0.2, -0.15) is 13.2 Å². The molecule has 1 atom stereocenters. The summed E-state index contributed by atoms with van der Waals surface area (Å²) in [5.74, 6) is -0.515. The number of nitrogens with zero attached hydrogens (tertiary/aromatic N) is 2. The molecule has 140 valence electrons. The molecule has 0 unspecified atom stereocenters. The van der Waals surface area contributed by atoms with Gasteiger partial charge in [0.2, 0.25) is 0 Å². The van der Waals surface area contributed by atoms with E-state index in [1.54, 1.807) is 24.3 Å². The van der Waals surface area contributed by atoms with Crippen LogP contribution in [0.5, 0.6) is 0 Å². The second-order valence-corrected chi connectivity index (χ2v) is 5.84. The number of para-hydroxylation sites is 2. The van der Waals surface area contributed by atoms with E-state index >= 15 is 0 Å². The minimum atomic E-state index is -4.29. The smallest absolute Gasteiger partial charge is 0.408 e. The molecule has 6 nitrogen and oxygen atoms in total. The van der Waals surface area contributed by atoms with Gasteiger partial charge in [-0.25, -0.2) is 4.79 Å². The van der Waals surface area contributed by atoms with Crippen LogP contribution in [-0.2, 0) is 6.54 Å². The van der Waals surface area contributed by atoms with Crippen molar-refractivity contribution in [2.45, 2.75) is 31.7 Å². The van der Waals surface area contributed by atoms with Crippen molar-refractivity contribution in [1.29, 1.82) is 0 Å². The van der Waals surface area contributed by atoms with Crippen LogP contribution in [0.1, 0.15) is 12.8 Å². The first-order valence-corrected chi connectivity index (χ1v) is 7.96. The first kappa shape index (κ1) is 19.5. The molecule has 9 heteroatoms. The maximum Gasteiger partial charge on any atom is 0.419 e. The van der Waals surface area contributed by atoms with E-state index in [4.69, 9.17) is 9.52 Å². The van der Waals surface area contributed by atoms with Gasteiger partial charge < -0.3 is 19.5 Å². The molecule has 0 fully saturated rings. The average molecular weight is 362 g/mol. The summed E-state index contributed by atoms with van der Waals surface area (Å²) in [5.41, 5.74) is 1.09. The molecule has 0 saturated heterocycles. The van der Waals surface area contributed by atoms with Gasteiger partial charge in [0.1, 0.15) is 0 Å². The monoisotopic (exact) mass is 362 g/mol. The Morgan fingerprint density at radius 1 is 1.24 bits per heavy atom. The van der Waals surface area contributed by atoms with E-state index in [9.17, 15) is 23.1 Å². The summed E-state index contributed by atoms with van der Waals surface area (Å²) in [6.45, 7) is -0.323. The summed E-state index contributed by atoms with van der Waals surface area (Å²) in [7, 11) is 0. The molecule has 2 rings (SSSR count). The zero-order valence-electron chi connectivity index (χ0n) is 13.6. The molecule has 0 saturated carbocycles. The van der Waals surface area contributed by atoms with Gasteiger partial charge in [-0.15, -0.1) is 0 Å². The van der Waals surface area contributed by atoms with Crippen molar-refractivity contribution in [1.82, 2.24) is 9.47 Å². The number of halogens is 3. The SMILES string of the molecule is O=c1oc2ccccc2n1CCCN(CCC(F)(F)F)C[C@H](O)CO. The fraction of sp³-hybridized carbons (Fsp3) is 0.562. The largest absolute Gasteiger partial charge is 0.419 e. The highest BCUT2D eigenvalue weighted by Crippen LogP contribution is 2.20. The van der Waals surface area contributed by atoms with Crippen molar-refractivity contribution in [3.8, 4) is 0 Å². The zero-order valence-corrected chi connectivity index (χ0v) is 13.6. The Kier molecular flexibility index (Phi) is 6.63. The lowest BCUT2D eigenvalue weighted by molar-refractivity contribution is -0.138. The lowest BCUT2D eigenvalue weighted by atomic mass is 10.2. The lowest BCUT2D eigenvalue weighted by Crippen LogP contribution is -2.37. The molecule has 1 aromatic carbocycles. The highest BCUT2D eigenvalue weighted by atomic mass is 19.4. The molecule has 25 heavy (non-hydrogen) atoms. The molecule has 2 N–H and O–H groups in total. The van der Waals surface area contributed by atoms with Crippen LogP contribution in [0.2, 0.25) is 0 Å². The number of aliphatic hydroxyl groups is 2. The fourth-order valence-electron chi connectivity index (χ4n) is 2.61. The Morgan fingerprint density at radius 2 is 1.96 bits per heavy atom. The molecule has 0 aliphatic carbocycles. The highest BCUT2D eigenvalue weighted by Gasteiger charge is 2.28. The summed E-state index contributed by atoms with van der Waals surface area (Å²) in [4.78, 5) is 13.3. The summed E-state index contributed by atoms with van der Waals surface area (Å²) in [5, 5.41) is 18.4. The maximum atomic E-state index is 12.4. The van der Waals surface area contributed by atoms with Crippen LogP contribution in [0.25, 0.3) is 11.1 Å². The van der Waals surface area contributed by atoms with Crippen molar-refractivity contribution in [2.24, 2.45) is 0 Å². The van der Waals surface area contributed by atoms with E-state index in [1.165, 1.54) is 9.47 Å². The number of benzene rings is 1. The van der Waals surface area contributed by atoms with Crippen LogP contribution < -0.4 is 5.76 Å². The van der Waals surface area contributed by atoms with Gasteiger partial charge in [0.05, 0.1) is 24.6 Å². The number of fused-ring (bicyclic) bond motifs is 1. The van der Waals surface area contributed by atoms with Crippen LogP contribution in [0, 0.1) is 0 Å². The van der Waals surface area contributed by atoms with Gasteiger partial charge >= 0.3 is 11.9 Å². The molecule has 2 aromatic rings. The molecule has 0 aliphatic heterocycles. The van der Waals surface area contributed by atoms with Crippen LogP contribution in [-0.4, -0.2) is 58.2 Å². The Morgan fingerprint density at radius 3 is 2.64 bits per heavy atom. The van der Waals surface area contributed by atoms with Gasteiger partial charge in [-0.05, 0) is 25.1 Å². The summed E-state index contributed by atoms with van der Waals surface area (Å²) in [6.07, 6.45) is -6.00. The van der Waals surface area contributed by atoms with Crippen molar-refractivity contribution in [3.05, 3.63) is 34.8 Å². The minimum absolute atomic E-state index is 0.0619. The maximum absolute atomic E-state index is 12.4. The van der Waals surface area contributed by atoms with E-state index < -0.39 is 31.1 Å². The molecule has 0 spiro atoms. The number of alkyl halides is 3. The number of oxazole rings is 1. The van der Waals surface area contributed by atoms with Crippen molar-refractivity contribution >= 4 is 11.1 Å². The van der Waals surface area contributed by atoms with Crippen LogP contribution >= 0.6 is 0 Å². The van der Waals surface area contributed by atoms with Crippen LogP contribution in [0.3, 0.4) is 0 Å². The van der Waals surface area contributed by atoms with E-state index in [1.807, 2.05) is 0 Å². The number of hydrogen-bond donors (Lipinski definition) is 2. The van der Waals surface area contributed by atoms with Crippen molar-refractivity contribution in [3.63, 3.8) is 0 Å². The predicted molar refractivity (Wildman–Crippen MR) is 85.3 cm³/mol. The average Bonchev–Trinajstić information content (AvgIpc) is 2.87. The first-order valence-electron chi connectivity index (χ1n) is 7.96. The third-order valence-electron chi connectivity index (χ3n) is 3.82. The van der Waals surface area contributed by atoms with Crippen LogP contribution in [0.4, 0.5) is 13.2 Å². The molecule has 1 heterocycles. The number of aliphatic hydroxyl groups excluding tert-OH is 2. The topological polar surface area (TPSA) is 78.8 Å². The molecule has 0 aliphatic rings. The molecule has 0 radical (unpaired) electrons. The molecule has 1 aromatic heterocycles. The fourth-order valence-corrected chi connectivity index (χ4v) is 2.61. The van der Waals surface area contributed by atoms with E-state index in [-0.39, 0.29) is 26.2 Å². The van der Waals surface area contributed by atoms with Gasteiger partial charge in [0.25, 0.3) is 0 Å². The number of aryl methyl sites for hydroxylation is 1. The first-order chi connectivity index (χ1) is 11.8. The standard InChI is InChI=1S/C16H21F3N2O4/c17-16(18,19)6-9-20(10-12(23)11-22)7-3-8-21-13-4-1-2-5-14(13)25-15(21)24/h1-2,4-5,12,22-23H,3,6-11H2/t12-/m0/s1. The molecular formula is C16H21F3N2O4. The molecular weight excluding hydrogens is 341 g/mol. The van der Waals surface area contributed by atoms with Crippen molar-refractivity contribution < 1.29 is 27.8 Å². The Balaban J connectivity index is 1.96. The Bertz CT molecular complexity index is 726. The van der Waals surface area contributed by atoms with Gasteiger partial charge in [0.15, 0.2) is 5.58 Å². The predicted octanol–water partition coefficient (Wildman–Crippen LogP) is 1.59. The second-order valence-electron chi connectivity index (χ2n) is 5.84. The van der Waals surface area contributed by atoms with Gasteiger partial charge in [-0.1, -0.05) is 12.1 Å². The Labute approximate surface area is 142 Å². The quantitative estimate of drug-likeness (QED) is 0.708.